The molecule has 0 fully saturated rings. The third-order valence-electron chi connectivity index (χ3n) is 5.25. The van der Waals surface area contributed by atoms with Gasteiger partial charge in [-0.15, -0.1) is 0 Å². The maximum atomic E-state index is 12.6. The molecule has 174 valence electrons. The fourth-order valence-electron chi connectivity index (χ4n) is 3.54. The average molecular weight is 527 g/mol. The molecule has 0 saturated carbocycles. The summed E-state index contributed by atoms with van der Waals surface area (Å²) in [6.45, 7) is 2.73. The van der Waals surface area contributed by atoms with Gasteiger partial charge in [0.15, 0.2) is 11.5 Å². The molecule has 0 aliphatic heterocycles. The number of fused-ring (bicyclic) bond motifs is 1. The highest BCUT2D eigenvalue weighted by molar-refractivity contribution is 9.10. The van der Waals surface area contributed by atoms with Gasteiger partial charge in [0.25, 0.3) is 5.91 Å². The molecule has 1 N–H and O–H groups in total. The standard InChI is InChI=1S/C29H23BrN2O3/c1-2-34-28-17-20(15-24(18-31)29(33)32-26-12-10-25(30)11-13-26)8-14-27(28)35-19-21-7-9-22-5-3-4-6-23(22)16-21/h3-17H,2,19H2,1H3,(H,32,33)/b24-15-. The lowest BCUT2D eigenvalue weighted by atomic mass is 10.1. The Kier molecular flexibility index (Phi) is 7.81. The minimum absolute atomic E-state index is 0.0137. The first-order valence-electron chi connectivity index (χ1n) is 11.1. The quantitative estimate of drug-likeness (QED) is 0.196. The van der Waals surface area contributed by atoms with E-state index in [4.69, 9.17) is 9.47 Å². The maximum absolute atomic E-state index is 12.6. The van der Waals surface area contributed by atoms with Crippen molar-refractivity contribution in [3.8, 4) is 17.6 Å². The van der Waals surface area contributed by atoms with Crippen LogP contribution in [0, 0.1) is 11.3 Å². The molecule has 4 aromatic carbocycles. The number of nitriles is 1. The van der Waals surface area contributed by atoms with Crippen molar-refractivity contribution in [1.29, 1.82) is 5.26 Å². The van der Waals surface area contributed by atoms with Crippen LogP contribution in [0.3, 0.4) is 0 Å². The second-order valence-electron chi connectivity index (χ2n) is 7.74. The summed E-state index contributed by atoms with van der Waals surface area (Å²) in [6, 6.07) is 28.9. The van der Waals surface area contributed by atoms with Gasteiger partial charge in [0, 0.05) is 10.2 Å². The summed E-state index contributed by atoms with van der Waals surface area (Å²) in [5.74, 6) is 0.659. The topological polar surface area (TPSA) is 71.3 Å². The molecule has 6 heteroatoms. The minimum atomic E-state index is -0.482. The van der Waals surface area contributed by atoms with Crippen molar-refractivity contribution in [3.05, 3.63) is 106 Å². The molecule has 0 radical (unpaired) electrons. The molecule has 0 heterocycles. The van der Waals surface area contributed by atoms with Gasteiger partial charge < -0.3 is 14.8 Å². The number of carbonyl (C=O) groups is 1. The highest BCUT2D eigenvalue weighted by Gasteiger charge is 2.12. The van der Waals surface area contributed by atoms with Gasteiger partial charge in [0.05, 0.1) is 6.61 Å². The fraction of sp³-hybridized carbons (Fsp3) is 0.103. The van der Waals surface area contributed by atoms with E-state index in [2.05, 4.69) is 45.5 Å². The zero-order valence-electron chi connectivity index (χ0n) is 19.1. The molecule has 4 rings (SSSR count). The summed E-state index contributed by atoms with van der Waals surface area (Å²) in [7, 11) is 0. The predicted octanol–water partition coefficient (Wildman–Crippen LogP) is 7.13. The monoisotopic (exact) mass is 526 g/mol. The van der Waals surface area contributed by atoms with Crippen molar-refractivity contribution in [2.45, 2.75) is 13.5 Å². The third-order valence-corrected chi connectivity index (χ3v) is 5.78. The Morgan fingerprint density at radius 2 is 1.71 bits per heavy atom. The minimum Gasteiger partial charge on any atom is -0.490 e. The molecular formula is C29H23BrN2O3. The van der Waals surface area contributed by atoms with Crippen LogP contribution in [0.4, 0.5) is 5.69 Å². The highest BCUT2D eigenvalue weighted by Crippen LogP contribution is 2.30. The first-order valence-corrected chi connectivity index (χ1v) is 11.9. The average Bonchev–Trinajstić information content (AvgIpc) is 2.88. The predicted molar refractivity (Wildman–Crippen MR) is 142 cm³/mol. The van der Waals surface area contributed by atoms with Crippen LogP contribution in [-0.2, 0) is 11.4 Å². The summed E-state index contributed by atoms with van der Waals surface area (Å²) < 4.78 is 12.7. The van der Waals surface area contributed by atoms with Crippen molar-refractivity contribution < 1.29 is 14.3 Å². The van der Waals surface area contributed by atoms with E-state index in [9.17, 15) is 10.1 Å². The number of nitrogens with one attached hydrogen (secondary N) is 1. The van der Waals surface area contributed by atoms with Crippen LogP contribution in [-0.4, -0.2) is 12.5 Å². The summed E-state index contributed by atoms with van der Waals surface area (Å²) in [4.78, 5) is 12.6. The molecular weight excluding hydrogens is 504 g/mol. The molecule has 0 aliphatic carbocycles. The van der Waals surface area contributed by atoms with Gasteiger partial charge in [-0.2, -0.15) is 5.26 Å². The molecule has 0 spiro atoms. The van der Waals surface area contributed by atoms with E-state index in [0.717, 1.165) is 15.4 Å². The Morgan fingerprint density at radius 1 is 0.943 bits per heavy atom. The molecule has 0 atom stereocenters. The lowest BCUT2D eigenvalue weighted by Crippen LogP contribution is -2.13. The molecule has 0 saturated heterocycles. The van der Waals surface area contributed by atoms with Crippen LogP contribution < -0.4 is 14.8 Å². The number of benzene rings is 4. The van der Waals surface area contributed by atoms with Crippen LogP contribution in [0.1, 0.15) is 18.1 Å². The van der Waals surface area contributed by atoms with E-state index in [1.54, 1.807) is 30.3 Å². The van der Waals surface area contributed by atoms with E-state index in [0.29, 0.717) is 36.0 Å². The van der Waals surface area contributed by atoms with Gasteiger partial charge in [-0.3, -0.25) is 4.79 Å². The van der Waals surface area contributed by atoms with Gasteiger partial charge in [-0.05, 0) is 77.4 Å². The number of hydrogen-bond donors (Lipinski definition) is 1. The first kappa shape index (κ1) is 24.1. The maximum Gasteiger partial charge on any atom is 0.266 e. The van der Waals surface area contributed by atoms with Crippen LogP contribution in [0.25, 0.3) is 16.8 Å². The highest BCUT2D eigenvalue weighted by atomic mass is 79.9. The fourth-order valence-corrected chi connectivity index (χ4v) is 3.80. The largest absolute Gasteiger partial charge is 0.490 e. The van der Waals surface area contributed by atoms with E-state index in [1.165, 1.54) is 11.5 Å². The number of hydrogen-bond acceptors (Lipinski definition) is 4. The summed E-state index contributed by atoms with van der Waals surface area (Å²) in [5.41, 5.74) is 2.30. The number of carbonyl (C=O) groups excluding carboxylic acids is 1. The van der Waals surface area contributed by atoms with Crippen molar-refractivity contribution in [2.24, 2.45) is 0 Å². The zero-order valence-corrected chi connectivity index (χ0v) is 20.7. The number of rotatable bonds is 8. The molecule has 0 unspecified atom stereocenters. The molecule has 5 nitrogen and oxygen atoms in total. The Morgan fingerprint density at radius 3 is 2.46 bits per heavy atom. The molecule has 1 amide bonds. The summed E-state index contributed by atoms with van der Waals surface area (Å²) in [5, 5.41) is 14.6. The number of halogens is 1. The van der Waals surface area contributed by atoms with Crippen LogP contribution in [0.5, 0.6) is 11.5 Å². The molecule has 0 bridgehead atoms. The number of ether oxygens (including phenoxy) is 2. The van der Waals surface area contributed by atoms with E-state index in [-0.39, 0.29) is 5.57 Å². The van der Waals surface area contributed by atoms with Crippen molar-refractivity contribution in [2.75, 3.05) is 11.9 Å². The van der Waals surface area contributed by atoms with Gasteiger partial charge in [0.1, 0.15) is 18.2 Å². The molecule has 35 heavy (non-hydrogen) atoms. The lowest BCUT2D eigenvalue weighted by molar-refractivity contribution is -0.112. The van der Waals surface area contributed by atoms with E-state index < -0.39 is 5.91 Å². The SMILES string of the molecule is CCOc1cc(/C=C(/C#N)C(=O)Nc2ccc(Br)cc2)ccc1OCc1ccc2ccccc2c1. The molecule has 0 aliphatic rings. The van der Waals surface area contributed by atoms with Crippen molar-refractivity contribution in [3.63, 3.8) is 0 Å². The van der Waals surface area contributed by atoms with Crippen LogP contribution in [0.2, 0.25) is 0 Å². The second kappa shape index (κ2) is 11.4. The Bertz CT molecular complexity index is 1420. The third kappa shape index (κ3) is 6.28. The molecule has 0 aromatic heterocycles. The van der Waals surface area contributed by atoms with E-state index in [1.807, 2.05) is 43.3 Å². The second-order valence-corrected chi connectivity index (χ2v) is 8.66. The van der Waals surface area contributed by atoms with Crippen LogP contribution in [0.15, 0.2) is 95.0 Å². The lowest BCUT2D eigenvalue weighted by Gasteiger charge is -2.13. The smallest absolute Gasteiger partial charge is 0.266 e. The van der Waals surface area contributed by atoms with Gasteiger partial charge in [-0.1, -0.05) is 58.4 Å². The van der Waals surface area contributed by atoms with Crippen molar-refractivity contribution >= 4 is 44.4 Å². The number of amides is 1. The normalized spacial score (nSPS) is 11.1. The van der Waals surface area contributed by atoms with Crippen molar-refractivity contribution in [1.82, 2.24) is 0 Å². The van der Waals surface area contributed by atoms with E-state index >= 15 is 0 Å². The summed E-state index contributed by atoms with van der Waals surface area (Å²) >= 11 is 3.36. The Balaban J connectivity index is 1.51. The zero-order chi connectivity index (χ0) is 24.6. The van der Waals surface area contributed by atoms with Gasteiger partial charge >= 0.3 is 0 Å². The summed E-state index contributed by atoms with van der Waals surface area (Å²) in [6.07, 6.45) is 1.53. The van der Waals surface area contributed by atoms with Gasteiger partial charge in [-0.25, -0.2) is 0 Å². The Hall–Kier alpha value is -4.08. The number of anilines is 1. The van der Waals surface area contributed by atoms with Gasteiger partial charge in [0.2, 0.25) is 0 Å². The van der Waals surface area contributed by atoms with Crippen LogP contribution >= 0.6 is 15.9 Å². The Labute approximate surface area is 212 Å². The number of nitrogens with zero attached hydrogens (tertiary/aromatic N) is 1. The first-order chi connectivity index (χ1) is 17.1. The molecule has 4 aromatic rings.